The summed E-state index contributed by atoms with van der Waals surface area (Å²) >= 11 is 0. The van der Waals surface area contributed by atoms with E-state index in [1.807, 2.05) is 49.4 Å². The largest absolute Gasteiger partial charge is 0.347 e. The number of para-hydroxylation sites is 1. The highest BCUT2D eigenvalue weighted by Gasteiger charge is 2.38. The van der Waals surface area contributed by atoms with Gasteiger partial charge in [-0.05, 0) is 23.6 Å². The molecule has 0 aliphatic carbocycles. The number of amides is 4. The van der Waals surface area contributed by atoms with E-state index in [2.05, 4.69) is 36.6 Å². The standard InChI is InChI=1S/C26H30N8O4/c1-2-8-19(29-23(35)13-17-9-4-3-5-10-17)25(37)28-16-24(36)34-20-12-7-6-11-18(20)14-21(34)26(38)27-15-22-30-32-33-31-22/h3-7,9-12,19,21H,2,8,13-16H2,1H3,(H,27,38)(H,28,37)(H,29,35)(H,30,31,32,33)/t19-,21-/m0/s1. The molecule has 4 N–H and O–H groups in total. The zero-order valence-electron chi connectivity index (χ0n) is 21.0. The average Bonchev–Trinajstić information content (AvgIpc) is 3.58. The van der Waals surface area contributed by atoms with Crippen LogP contribution in [-0.2, 0) is 38.6 Å². The normalized spacial score (nSPS) is 14.9. The topological polar surface area (TPSA) is 162 Å². The number of tetrazole rings is 1. The van der Waals surface area contributed by atoms with Crippen molar-refractivity contribution in [1.82, 2.24) is 36.6 Å². The monoisotopic (exact) mass is 518 g/mol. The lowest BCUT2D eigenvalue weighted by atomic mass is 10.1. The van der Waals surface area contributed by atoms with Crippen molar-refractivity contribution in [3.05, 3.63) is 71.5 Å². The fraction of sp³-hybridized carbons (Fsp3) is 0.346. The summed E-state index contributed by atoms with van der Waals surface area (Å²) in [6, 6.07) is 14.9. The van der Waals surface area contributed by atoms with E-state index in [1.54, 1.807) is 12.1 Å². The summed E-state index contributed by atoms with van der Waals surface area (Å²) in [5.41, 5.74) is 2.31. The fourth-order valence-corrected chi connectivity index (χ4v) is 4.40. The molecule has 0 unspecified atom stereocenters. The highest BCUT2D eigenvalue weighted by Crippen LogP contribution is 2.32. The minimum atomic E-state index is -0.791. The number of nitrogens with zero attached hydrogens (tertiary/aromatic N) is 4. The number of aromatic nitrogens is 4. The molecule has 2 heterocycles. The first kappa shape index (κ1) is 26.5. The van der Waals surface area contributed by atoms with Crippen molar-refractivity contribution in [2.24, 2.45) is 0 Å². The molecule has 0 saturated heterocycles. The molecule has 0 fully saturated rings. The third kappa shape index (κ3) is 6.58. The molecule has 12 heteroatoms. The average molecular weight is 519 g/mol. The molecular formula is C26H30N8O4. The third-order valence-corrected chi connectivity index (χ3v) is 6.21. The maximum Gasteiger partial charge on any atom is 0.247 e. The van der Waals surface area contributed by atoms with Crippen LogP contribution in [-0.4, -0.2) is 62.9 Å². The molecule has 0 saturated carbocycles. The number of aromatic amines is 1. The number of hydrogen-bond acceptors (Lipinski definition) is 7. The smallest absolute Gasteiger partial charge is 0.247 e. The predicted octanol–water partition coefficient (Wildman–Crippen LogP) is 0.418. The van der Waals surface area contributed by atoms with Gasteiger partial charge < -0.3 is 16.0 Å². The van der Waals surface area contributed by atoms with E-state index in [9.17, 15) is 19.2 Å². The molecule has 1 aromatic heterocycles. The van der Waals surface area contributed by atoms with Crippen LogP contribution in [0.1, 0.15) is 36.7 Å². The summed E-state index contributed by atoms with van der Waals surface area (Å²) in [6.07, 6.45) is 1.58. The van der Waals surface area contributed by atoms with Gasteiger partial charge in [0.05, 0.1) is 19.5 Å². The number of carbonyl (C=O) groups is 4. The summed E-state index contributed by atoms with van der Waals surface area (Å²) in [4.78, 5) is 53.2. The molecule has 1 aliphatic heterocycles. The summed E-state index contributed by atoms with van der Waals surface area (Å²) < 4.78 is 0. The highest BCUT2D eigenvalue weighted by molar-refractivity contribution is 6.05. The zero-order chi connectivity index (χ0) is 26.9. The number of carbonyl (C=O) groups excluding carboxylic acids is 4. The maximum absolute atomic E-state index is 13.3. The molecule has 0 radical (unpaired) electrons. The van der Waals surface area contributed by atoms with Crippen molar-refractivity contribution in [3.8, 4) is 0 Å². The van der Waals surface area contributed by atoms with E-state index < -0.39 is 23.9 Å². The van der Waals surface area contributed by atoms with Gasteiger partial charge in [-0.3, -0.25) is 24.1 Å². The molecule has 4 amide bonds. The second kappa shape index (κ2) is 12.6. The molecule has 4 rings (SSSR count). The van der Waals surface area contributed by atoms with Crippen molar-refractivity contribution >= 4 is 29.3 Å². The molecule has 1 aliphatic rings. The quantitative estimate of drug-likeness (QED) is 0.286. The van der Waals surface area contributed by atoms with E-state index in [1.165, 1.54) is 4.90 Å². The molecule has 12 nitrogen and oxygen atoms in total. The van der Waals surface area contributed by atoms with Crippen LogP contribution in [0.25, 0.3) is 0 Å². The van der Waals surface area contributed by atoms with Crippen molar-refractivity contribution in [2.45, 2.75) is 51.2 Å². The molecule has 0 spiro atoms. The van der Waals surface area contributed by atoms with E-state index in [4.69, 9.17) is 0 Å². The van der Waals surface area contributed by atoms with Crippen molar-refractivity contribution < 1.29 is 19.2 Å². The lowest BCUT2D eigenvalue weighted by molar-refractivity contribution is -0.130. The van der Waals surface area contributed by atoms with E-state index >= 15 is 0 Å². The van der Waals surface area contributed by atoms with Gasteiger partial charge in [-0.15, -0.1) is 10.2 Å². The number of hydrogen-bond donors (Lipinski definition) is 4. The van der Waals surface area contributed by atoms with Crippen LogP contribution < -0.4 is 20.9 Å². The Morgan fingerprint density at radius 3 is 2.55 bits per heavy atom. The maximum atomic E-state index is 13.3. The Morgan fingerprint density at radius 1 is 1.05 bits per heavy atom. The number of rotatable bonds is 11. The van der Waals surface area contributed by atoms with Crippen molar-refractivity contribution in [1.29, 1.82) is 0 Å². The van der Waals surface area contributed by atoms with E-state index in [0.29, 0.717) is 30.8 Å². The van der Waals surface area contributed by atoms with Gasteiger partial charge in [0, 0.05) is 12.1 Å². The van der Waals surface area contributed by atoms with Gasteiger partial charge in [-0.2, -0.15) is 5.21 Å². The zero-order valence-corrected chi connectivity index (χ0v) is 21.0. The van der Waals surface area contributed by atoms with Gasteiger partial charge in [-0.25, -0.2) is 0 Å². The predicted molar refractivity (Wildman–Crippen MR) is 137 cm³/mol. The second-order valence-electron chi connectivity index (χ2n) is 8.95. The number of fused-ring (bicyclic) bond motifs is 1. The van der Waals surface area contributed by atoms with Crippen LogP contribution in [0.15, 0.2) is 54.6 Å². The lowest BCUT2D eigenvalue weighted by Gasteiger charge is -2.25. The molecule has 38 heavy (non-hydrogen) atoms. The van der Waals surface area contributed by atoms with E-state index in [0.717, 1.165) is 11.1 Å². The summed E-state index contributed by atoms with van der Waals surface area (Å²) in [5, 5.41) is 21.6. The van der Waals surface area contributed by atoms with Crippen LogP contribution in [0.5, 0.6) is 0 Å². The second-order valence-corrected chi connectivity index (χ2v) is 8.95. The van der Waals surface area contributed by atoms with Gasteiger partial charge in [0.25, 0.3) is 0 Å². The van der Waals surface area contributed by atoms with Gasteiger partial charge in [-0.1, -0.05) is 67.1 Å². The van der Waals surface area contributed by atoms with Crippen LogP contribution in [0, 0.1) is 0 Å². The van der Waals surface area contributed by atoms with Gasteiger partial charge >= 0.3 is 0 Å². The van der Waals surface area contributed by atoms with E-state index in [-0.39, 0.29) is 31.3 Å². The first-order chi connectivity index (χ1) is 18.5. The summed E-state index contributed by atoms with van der Waals surface area (Å²) in [6.45, 7) is 1.65. The number of benzene rings is 2. The van der Waals surface area contributed by atoms with Crippen LogP contribution in [0.3, 0.4) is 0 Å². The number of nitrogens with one attached hydrogen (secondary N) is 4. The van der Waals surface area contributed by atoms with Gasteiger partial charge in [0.15, 0.2) is 5.82 Å². The Morgan fingerprint density at radius 2 is 1.82 bits per heavy atom. The lowest BCUT2D eigenvalue weighted by Crippen LogP contribution is -2.53. The first-order valence-electron chi connectivity index (χ1n) is 12.5. The van der Waals surface area contributed by atoms with Crippen molar-refractivity contribution in [2.75, 3.05) is 11.4 Å². The third-order valence-electron chi connectivity index (χ3n) is 6.21. The molecular weight excluding hydrogens is 488 g/mol. The number of anilines is 1. The minimum Gasteiger partial charge on any atom is -0.347 e. The summed E-state index contributed by atoms with van der Waals surface area (Å²) in [7, 11) is 0. The van der Waals surface area contributed by atoms with Crippen molar-refractivity contribution in [3.63, 3.8) is 0 Å². The Kier molecular flexibility index (Phi) is 8.75. The minimum absolute atomic E-state index is 0.0579. The molecule has 0 bridgehead atoms. The summed E-state index contributed by atoms with van der Waals surface area (Å²) in [5.74, 6) is -1.22. The Balaban J connectivity index is 1.38. The van der Waals surface area contributed by atoms with Gasteiger partial charge in [0.2, 0.25) is 23.6 Å². The molecule has 2 aromatic carbocycles. The molecule has 3 aromatic rings. The Hall–Kier alpha value is -4.61. The highest BCUT2D eigenvalue weighted by atomic mass is 16.2. The molecule has 2 atom stereocenters. The Labute approximate surface area is 219 Å². The Bertz CT molecular complexity index is 1270. The van der Waals surface area contributed by atoms with Crippen LogP contribution in [0.2, 0.25) is 0 Å². The van der Waals surface area contributed by atoms with Gasteiger partial charge in [0.1, 0.15) is 12.1 Å². The first-order valence-corrected chi connectivity index (χ1v) is 12.5. The fourth-order valence-electron chi connectivity index (χ4n) is 4.40. The number of H-pyrrole nitrogens is 1. The molecule has 198 valence electrons. The van der Waals surface area contributed by atoms with Crippen LogP contribution in [0.4, 0.5) is 5.69 Å². The SMILES string of the molecule is CCC[C@H](NC(=O)Cc1ccccc1)C(=O)NCC(=O)N1c2ccccc2C[C@H]1C(=O)NCc1nn[nH]n1. The van der Waals surface area contributed by atoms with Crippen LogP contribution >= 0.6 is 0 Å².